The molecule has 0 N–H and O–H groups in total. The van der Waals surface area contributed by atoms with Crippen molar-refractivity contribution in [2.75, 3.05) is 12.5 Å². The number of carbonyl (C=O) groups is 1. The highest BCUT2D eigenvalue weighted by atomic mass is 35.5. The van der Waals surface area contributed by atoms with Crippen LogP contribution in [0.25, 0.3) is 0 Å². The second kappa shape index (κ2) is 7.07. The summed E-state index contributed by atoms with van der Waals surface area (Å²) in [5.74, 6) is 1.46. The third-order valence-electron chi connectivity index (χ3n) is 1.98. The Kier molecular flexibility index (Phi) is 5.65. The first-order chi connectivity index (χ1) is 7.72. The second-order valence-corrected chi connectivity index (χ2v) is 3.77. The molecule has 0 atom stereocenters. The largest absolute Gasteiger partial charge is 0.490 e. The van der Waals surface area contributed by atoms with Gasteiger partial charge in [-0.15, -0.1) is 11.6 Å². The van der Waals surface area contributed by atoms with Crippen LogP contribution in [0.1, 0.15) is 12.5 Å². The average molecular weight is 239 g/mol. The summed E-state index contributed by atoms with van der Waals surface area (Å²) in [6, 6.07) is 7.55. The molecule has 0 saturated carbocycles. The fraction of sp³-hybridized carbons (Fsp3) is 0.308. The Morgan fingerprint density at radius 2 is 2.00 bits per heavy atom. The van der Waals surface area contributed by atoms with Gasteiger partial charge in [-0.1, -0.05) is 24.3 Å². The summed E-state index contributed by atoms with van der Waals surface area (Å²) < 4.78 is 5.44. The Morgan fingerprint density at radius 3 is 2.56 bits per heavy atom. The summed E-state index contributed by atoms with van der Waals surface area (Å²) in [5.41, 5.74) is 1.01. The number of ketones is 1. The van der Waals surface area contributed by atoms with Gasteiger partial charge in [0, 0.05) is 12.3 Å². The van der Waals surface area contributed by atoms with Crippen molar-refractivity contribution < 1.29 is 9.53 Å². The minimum absolute atomic E-state index is 0.165. The zero-order valence-corrected chi connectivity index (χ0v) is 10.0. The summed E-state index contributed by atoms with van der Waals surface area (Å²) in [6.07, 6.45) is 4.19. The zero-order valence-electron chi connectivity index (χ0n) is 9.28. The molecule has 3 heteroatoms. The summed E-state index contributed by atoms with van der Waals surface area (Å²) in [4.78, 5) is 10.9. The number of halogens is 1. The molecule has 0 amide bonds. The van der Waals surface area contributed by atoms with E-state index in [4.69, 9.17) is 16.3 Å². The maximum atomic E-state index is 10.9. The normalized spacial score (nSPS) is 10.6. The summed E-state index contributed by atoms with van der Waals surface area (Å²) in [5, 5.41) is 0. The molecule has 0 saturated heterocycles. The Balaban J connectivity index is 2.45. The van der Waals surface area contributed by atoms with Crippen LogP contribution in [0, 0.1) is 0 Å². The Morgan fingerprint density at radius 1 is 1.31 bits per heavy atom. The van der Waals surface area contributed by atoms with Crippen molar-refractivity contribution in [1.82, 2.24) is 0 Å². The van der Waals surface area contributed by atoms with Gasteiger partial charge in [0.15, 0.2) is 0 Å². The van der Waals surface area contributed by atoms with Gasteiger partial charge in [-0.3, -0.25) is 4.79 Å². The third-order valence-corrected chi connectivity index (χ3v) is 2.16. The molecule has 0 radical (unpaired) electrons. The van der Waals surface area contributed by atoms with Gasteiger partial charge in [-0.2, -0.15) is 0 Å². The van der Waals surface area contributed by atoms with Crippen LogP contribution in [0.4, 0.5) is 0 Å². The fourth-order valence-electron chi connectivity index (χ4n) is 1.27. The van der Waals surface area contributed by atoms with E-state index < -0.39 is 0 Å². The van der Waals surface area contributed by atoms with Crippen LogP contribution in [-0.2, 0) is 11.2 Å². The van der Waals surface area contributed by atoms with Gasteiger partial charge in [0.2, 0.25) is 0 Å². The number of hydrogen-bond acceptors (Lipinski definition) is 2. The molecule has 0 aliphatic heterocycles. The van der Waals surface area contributed by atoms with Crippen LogP contribution in [0.5, 0.6) is 5.75 Å². The van der Waals surface area contributed by atoms with Crippen molar-refractivity contribution in [3.05, 3.63) is 42.0 Å². The smallest absolute Gasteiger partial charge is 0.134 e. The SMILES string of the molecule is CC(=O)Cc1ccc(OC/C=C/CCl)cc1. The van der Waals surface area contributed by atoms with Gasteiger partial charge < -0.3 is 4.74 Å². The Hall–Kier alpha value is -1.28. The molecule has 0 fully saturated rings. The summed E-state index contributed by atoms with van der Waals surface area (Å²) in [6.45, 7) is 2.10. The van der Waals surface area contributed by atoms with E-state index in [9.17, 15) is 4.79 Å². The average Bonchev–Trinajstić information content (AvgIpc) is 2.26. The molecule has 0 unspecified atom stereocenters. The van der Waals surface area contributed by atoms with E-state index in [-0.39, 0.29) is 5.78 Å². The first kappa shape index (κ1) is 12.8. The molecule has 2 nitrogen and oxygen atoms in total. The van der Waals surface area contributed by atoms with E-state index in [1.54, 1.807) is 6.92 Å². The van der Waals surface area contributed by atoms with E-state index in [1.807, 2.05) is 36.4 Å². The molecule has 0 bridgehead atoms. The number of benzene rings is 1. The minimum atomic E-state index is 0.165. The number of hydrogen-bond donors (Lipinski definition) is 0. The molecular weight excluding hydrogens is 224 g/mol. The third kappa shape index (κ3) is 4.99. The second-order valence-electron chi connectivity index (χ2n) is 3.46. The number of alkyl halides is 1. The van der Waals surface area contributed by atoms with Crippen molar-refractivity contribution in [2.45, 2.75) is 13.3 Å². The highest BCUT2D eigenvalue weighted by molar-refractivity contribution is 6.18. The van der Waals surface area contributed by atoms with Crippen molar-refractivity contribution in [1.29, 1.82) is 0 Å². The van der Waals surface area contributed by atoms with Crippen LogP contribution >= 0.6 is 11.6 Å². The number of carbonyl (C=O) groups excluding carboxylic acids is 1. The van der Waals surface area contributed by atoms with Gasteiger partial charge in [-0.05, 0) is 24.6 Å². The number of rotatable bonds is 6. The van der Waals surface area contributed by atoms with Crippen molar-refractivity contribution in [2.24, 2.45) is 0 Å². The molecule has 86 valence electrons. The van der Waals surface area contributed by atoms with Crippen molar-refractivity contribution >= 4 is 17.4 Å². The molecule has 0 spiro atoms. The van der Waals surface area contributed by atoms with Crippen molar-refractivity contribution in [3.63, 3.8) is 0 Å². The van der Waals surface area contributed by atoms with Crippen LogP contribution in [0.15, 0.2) is 36.4 Å². The standard InChI is InChI=1S/C13H15ClO2/c1-11(15)10-12-4-6-13(7-5-12)16-9-3-2-8-14/h2-7H,8-10H2,1H3/b3-2+. The predicted molar refractivity (Wildman–Crippen MR) is 66.2 cm³/mol. The van der Waals surface area contributed by atoms with E-state index in [2.05, 4.69) is 0 Å². The predicted octanol–water partition coefficient (Wildman–Crippen LogP) is 2.99. The molecular formula is C13H15ClO2. The molecule has 0 aliphatic rings. The van der Waals surface area contributed by atoms with Gasteiger partial charge in [0.25, 0.3) is 0 Å². The maximum Gasteiger partial charge on any atom is 0.134 e. The monoisotopic (exact) mass is 238 g/mol. The van der Waals surface area contributed by atoms with Crippen LogP contribution in [0.3, 0.4) is 0 Å². The fourth-order valence-corrected chi connectivity index (χ4v) is 1.39. The lowest BCUT2D eigenvalue weighted by Crippen LogP contribution is -1.97. The number of ether oxygens (including phenoxy) is 1. The van der Waals surface area contributed by atoms with Crippen LogP contribution in [-0.4, -0.2) is 18.3 Å². The Labute approximate surface area is 101 Å². The number of Topliss-reactive ketones (excluding diaryl/α,β-unsaturated/α-hetero) is 1. The highest BCUT2D eigenvalue weighted by Crippen LogP contribution is 2.12. The summed E-state index contributed by atoms with van der Waals surface area (Å²) >= 11 is 5.48. The first-order valence-corrected chi connectivity index (χ1v) is 5.68. The molecule has 0 aromatic heterocycles. The molecule has 0 heterocycles. The lowest BCUT2D eigenvalue weighted by molar-refractivity contribution is -0.116. The molecule has 1 rings (SSSR count). The van der Waals surface area contributed by atoms with Crippen molar-refractivity contribution in [3.8, 4) is 5.75 Å². The Bertz CT molecular complexity index is 355. The first-order valence-electron chi connectivity index (χ1n) is 5.14. The molecule has 16 heavy (non-hydrogen) atoms. The zero-order chi connectivity index (χ0) is 11.8. The molecule has 0 aliphatic carbocycles. The van der Waals surface area contributed by atoms with Crippen LogP contribution < -0.4 is 4.74 Å². The van der Waals surface area contributed by atoms with E-state index in [0.29, 0.717) is 18.9 Å². The summed E-state index contributed by atoms with van der Waals surface area (Å²) in [7, 11) is 0. The topological polar surface area (TPSA) is 26.3 Å². The van der Waals surface area contributed by atoms with Gasteiger partial charge in [0.1, 0.15) is 18.1 Å². The maximum absolute atomic E-state index is 10.9. The quantitative estimate of drug-likeness (QED) is 0.563. The molecule has 1 aromatic carbocycles. The van der Waals surface area contributed by atoms with Crippen LogP contribution in [0.2, 0.25) is 0 Å². The lowest BCUT2D eigenvalue weighted by atomic mass is 10.1. The number of allylic oxidation sites excluding steroid dienone is 1. The highest BCUT2D eigenvalue weighted by Gasteiger charge is 1.97. The van der Waals surface area contributed by atoms with Gasteiger partial charge >= 0.3 is 0 Å². The minimum Gasteiger partial charge on any atom is -0.490 e. The lowest BCUT2D eigenvalue weighted by Gasteiger charge is -2.04. The van der Waals surface area contributed by atoms with E-state index in [0.717, 1.165) is 11.3 Å². The van der Waals surface area contributed by atoms with E-state index in [1.165, 1.54) is 0 Å². The van der Waals surface area contributed by atoms with Gasteiger partial charge in [0.05, 0.1) is 0 Å². The van der Waals surface area contributed by atoms with Gasteiger partial charge in [-0.25, -0.2) is 0 Å². The molecule has 1 aromatic rings. The van der Waals surface area contributed by atoms with E-state index >= 15 is 0 Å².